The van der Waals surface area contributed by atoms with Crippen LogP contribution in [-0.4, -0.2) is 41.2 Å². The van der Waals surface area contributed by atoms with Gasteiger partial charge in [0, 0.05) is 42.9 Å². The van der Waals surface area contributed by atoms with Crippen molar-refractivity contribution >= 4 is 6.41 Å². The van der Waals surface area contributed by atoms with Crippen LogP contribution < -0.4 is 0 Å². The molecule has 1 atom stereocenters. The van der Waals surface area contributed by atoms with Gasteiger partial charge in [0.25, 0.3) is 0 Å². The van der Waals surface area contributed by atoms with E-state index in [1.165, 1.54) is 5.06 Å². The molecule has 0 aliphatic rings. The van der Waals surface area contributed by atoms with Gasteiger partial charge < -0.3 is 9.13 Å². The molecule has 0 fully saturated rings. The zero-order valence-electron chi connectivity index (χ0n) is 20.0. The number of aromatic nitrogens is 5. The number of hydrogen-bond acceptors (Lipinski definition) is 5. The molecule has 8 heteroatoms. The van der Waals surface area contributed by atoms with Gasteiger partial charge >= 0.3 is 0 Å². The van der Waals surface area contributed by atoms with Crippen molar-refractivity contribution in [1.82, 2.24) is 29.1 Å². The molecule has 0 saturated carbocycles. The normalized spacial score (nSPS) is 12.5. The van der Waals surface area contributed by atoms with Crippen LogP contribution in [-0.2, 0) is 22.6 Å². The van der Waals surface area contributed by atoms with Crippen molar-refractivity contribution in [3.63, 3.8) is 0 Å². The van der Waals surface area contributed by atoms with Crippen LogP contribution in [0.15, 0.2) is 73.6 Å². The highest BCUT2D eigenvalue weighted by atomic mass is 16.7. The van der Waals surface area contributed by atoms with E-state index in [1.54, 1.807) is 18.7 Å². The minimum absolute atomic E-state index is 0.439. The van der Waals surface area contributed by atoms with E-state index < -0.39 is 11.6 Å². The van der Waals surface area contributed by atoms with Crippen molar-refractivity contribution in [2.75, 3.05) is 0 Å². The van der Waals surface area contributed by atoms with E-state index in [0.29, 0.717) is 13.0 Å². The summed E-state index contributed by atoms with van der Waals surface area (Å²) in [4.78, 5) is 31.5. The van der Waals surface area contributed by atoms with Crippen LogP contribution in [0.5, 0.6) is 0 Å². The van der Waals surface area contributed by atoms with Gasteiger partial charge in [0.15, 0.2) is 0 Å². The molecule has 8 nitrogen and oxygen atoms in total. The van der Waals surface area contributed by atoms with Gasteiger partial charge in [-0.05, 0) is 57.5 Å². The summed E-state index contributed by atoms with van der Waals surface area (Å²) >= 11 is 0. The Hall–Kier alpha value is -3.78. The highest BCUT2D eigenvalue weighted by Crippen LogP contribution is 2.30. The number of imidazole rings is 2. The van der Waals surface area contributed by atoms with Gasteiger partial charge in [-0.25, -0.2) is 15.0 Å². The minimum atomic E-state index is -0.543. The summed E-state index contributed by atoms with van der Waals surface area (Å²) in [6.07, 6.45) is 10.3. The topological polar surface area (TPSA) is 78.1 Å². The van der Waals surface area contributed by atoms with Crippen LogP contribution in [0.3, 0.4) is 0 Å². The molecule has 3 aromatic heterocycles. The minimum Gasteiger partial charge on any atom is -0.326 e. The first-order chi connectivity index (χ1) is 16.4. The molecule has 0 aliphatic carbocycles. The Balaban J connectivity index is 1.72. The van der Waals surface area contributed by atoms with E-state index in [4.69, 9.17) is 9.82 Å². The summed E-state index contributed by atoms with van der Waals surface area (Å²) in [5, 5.41) is 1.37. The summed E-state index contributed by atoms with van der Waals surface area (Å²) < 4.78 is 4.09. The predicted octanol–water partition coefficient (Wildman–Crippen LogP) is 4.62. The molecule has 0 radical (unpaired) electrons. The number of carbonyl (C=O) groups is 1. The maximum Gasteiger partial charge on any atom is 0.234 e. The Labute approximate surface area is 199 Å². The molecule has 4 aromatic rings. The first-order valence-corrected chi connectivity index (χ1v) is 11.4. The average molecular weight is 459 g/mol. The average Bonchev–Trinajstić information content (AvgIpc) is 3.51. The predicted molar refractivity (Wildman–Crippen MR) is 130 cm³/mol. The molecular weight excluding hydrogens is 428 g/mol. The van der Waals surface area contributed by atoms with Gasteiger partial charge in [0.2, 0.25) is 6.41 Å². The van der Waals surface area contributed by atoms with Crippen molar-refractivity contribution in [2.24, 2.45) is 0 Å². The number of rotatable bonds is 9. The molecule has 0 spiro atoms. The van der Waals surface area contributed by atoms with Crippen LogP contribution >= 0.6 is 0 Å². The number of amides is 1. The largest absolute Gasteiger partial charge is 0.326 e. The number of benzene rings is 1. The molecule has 34 heavy (non-hydrogen) atoms. The van der Waals surface area contributed by atoms with Crippen LogP contribution in [0.4, 0.5) is 0 Å². The molecular formula is C26H30N6O2. The van der Waals surface area contributed by atoms with Crippen LogP contribution in [0.2, 0.25) is 0 Å². The SMILES string of the molecule is CCn1c(-c2ccc(-n3ccnc3)cc2)cnc1[C@H](Cc1ccccn1)N(C=O)OC(C)(C)C. The lowest BCUT2D eigenvalue weighted by molar-refractivity contribution is -0.235. The van der Waals surface area contributed by atoms with Gasteiger partial charge in [-0.1, -0.05) is 18.2 Å². The van der Waals surface area contributed by atoms with Crippen LogP contribution in [0, 0.1) is 0 Å². The van der Waals surface area contributed by atoms with Gasteiger partial charge in [-0.3, -0.25) is 14.6 Å². The monoisotopic (exact) mass is 458 g/mol. The van der Waals surface area contributed by atoms with Gasteiger partial charge in [0.1, 0.15) is 11.9 Å². The van der Waals surface area contributed by atoms with Gasteiger partial charge in [-0.2, -0.15) is 0 Å². The molecule has 1 aromatic carbocycles. The molecule has 0 bridgehead atoms. The van der Waals surface area contributed by atoms with E-state index in [2.05, 4.69) is 45.7 Å². The smallest absolute Gasteiger partial charge is 0.234 e. The third-order valence-electron chi connectivity index (χ3n) is 5.39. The first kappa shape index (κ1) is 23.4. The number of pyridine rings is 1. The van der Waals surface area contributed by atoms with Crippen molar-refractivity contribution in [3.05, 3.63) is 85.1 Å². The highest BCUT2D eigenvalue weighted by Gasteiger charge is 2.30. The van der Waals surface area contributed by atoms with Crippen molar-refractivity contribution in [3.8, 4) is 16.9 Å². The molecule has 0 aliphatic heterocycles. The van der Waals surface area contributed by atoms with E-state index in [9.17, 15) is 4.79 Å². The Morgan fingerprint density at radius 2 is 1.88 bits per heavy atom. The summed E-state index contributed by atoms with van der Waals surface area (Å²) in [6, 6.07) is 13.6. The third-order valence-corrected chi connectivity index (χ3v) is 5.39. The van der Waals surface area contributed by atoms with Gasteiger partial charge in [-0.15, -0.1) is 0 Å². The lowest BCUT2D eigenvalue weighted by Crippen LogP contribution is -2.38. The zero-order valence-corrected chi connectivity index (χ0v) is 20.0. The Bertz CT molecular complexity index is 1190. The van der Waals surface area contributed by atoms with Crippen LogP contribution in [0.25, 0.3) is 16.9 Å². The number of nitrogens with zero attached hydrogens (tertiary/aromatic N) is 6. The summed E-state index contributed by atoms with van der Waals surface area (Å²) in [5.74, 6) is 0.748. The molecule has 1 amide bonds. The second-order valence-corrected chi connectivity index (χ2v) is 8.97. The van der Waals surface area contributed by atoms with E-state index in [1.807, 2.05) is 55.9 Å². The van der Waals surface area contributed by atoms with Crippen molar-refractivity contribution in [1.29, 1.82) is 0 Å². The van der Waals surface area contributed by atoms with Crippen molar-refractivity contribution < 1.29 is 9.63 Å². The lowest BCUT2D eigenvalue weighted by atomic mass is 10.1. The zero-order chi connectivity index (χ0) is 24.1. The van der Waals surface area contributed by atoms with E-state index in [-0.39, 0.29) is 0 Å². The van der Waals surface area contributed by atoms with Crippen molar-refractivity contribution in [2.45, 2.75) is 52.3 Å². The number of hydroxylamine groups is 2. The maximum absolute atomic E-state index is 12.2. The fourth-order valence-corrected chi connectivity index (χ4v) is 3.92. The Kier molecular flexibility index (Phi) is 6.88. The maximum atomic E-state index is 12.2. The molecule has 0 unspecified atom stereocenters. The first-order valence-electron chi connectivity index (χ1n) is 11.4. The van der Waals surface area contributed by atoms with E-state index in [0.717, 1.165) is 34.9 Å². The summed E-state index contributed by atoms with van der Waals surface area (Å²) in [6.45, 7) is 8.51. The highest BCUT2D eigenvalue weighted by molar-refractivity contribution is 5.61. The lowest BCUT2D eigenvalue weighted by Gasteiger charge is -2.33. The van der Waals surface area contributed by atoms with Gasteiger partial charge in [0.05, 0.1) is 23.8 Å². The van der Waals surface area contributed by atoms with Crippen LogP contribution in [0.1, 0.15) is 45.3 Å². The molecule has 0 saturated heterocycles. The summed E-state index contributed by atoms with van der Waals surface area (Å²) in [7, 11) is 0. The second-order valence-electron chi connectivity index (χ2n) is 8.97. The Morgan fingerprint density at radius 1 is 1.09 bits per heavy atom. The fraction of sp³-hybridized carbons (Fsp3) is 0.308. The number of carbonyl (C=O) groups excluding carboxylic acids is 1. The molecule has 4 rings (SSSR count). The fourth-order valence-electron chi connectivity index (χ4n) is 3.92. The van der Waals surface area contributed by atoms with E-state index >= 15 is 0 Å². The molecule has 176 valence electrons. The summed E-state index contributed by atoms with van der Waals surface area (Å²) in [5.41, 5.74) is 3.35. The number of hydrogen-bond donors (Lipinski definition) is 0. The second kappa shape index (κ2) is 10.0. The molecule has 0 N–H and O–H groups in total. The third kappa shape index (κ3) is 5.23. The standard InChI is InChI=1S/C26H30N6O2/c1-5-31-24(20-9-11-22(12-10-20)30-15-14-27-18-30)17-29-25(31)23(16-21-8-6-7-13-28-21)32(19-33)34-26(2,3)4/h6-15,17-19,23H,5,16H2,1-4H3/t23-/m0/s1. The Morgan fingerprint density at radius 3 is 2.47 bits per heavy atom. The quantitative estimate of drug-likeness (QED) is 0.270. The molecule has 3 heterocycles.